The maximum Gasteiger partial charge on any atom is 0.418 e. The van der Waals surface area contributed by atoms with Crippen molar-refractivity contribution in [2.24, 2.45) is 0 Å². The van der Waals surface area contributed by atoms with Crippen LogP contribution in [0, 0.1) is 0 Å². The molecule has 0 spiro atoms. The molecular weight excluding hydrogens is 389 g/mol. The molecule has 2 aromatic rings. The number of anilines is 1. The van der Waals surface area contributed by atoms with Gasteiger partial charge in [0.05, 0.1) is 16.1 Å². The summed E-state index contributed by atoms with van der Waals surface area (Å²) in [6, 6.07) is 7.23. The van der Waals surface area contributed by atoms with Crippen molar-refractivity contribution in [3.8, 4) is 0 Å². The molecule has 3 rings (SSSR count). The summed E-state index contributed by atoms with van der Waals surface area (Å²) in [6.07, 6.45) is -3.04. The summed E-state index contributed by atoms with van der Waals surface area (Å²) in [6.45, 7) is 0.863. The summed E-state index contributed by atoms with van der Waals surface area (Å²) < 4.78 is 65.3. The number of hydrogen-bond acceptors (Lipinski definition) is 4. The number of nitrogens with one attached hydrogen (secondary N) is 1. The molecule has 0 aliphatic carbocycles. The van der Waals surface area contributed by atoms with Gasteiger partial charge in [0, 0.05) is 13.1 Å². The van der Waals surface area contributed by atoms with E-state index >= 15 is 0 Å². The molecule has 26 heavy (non-hydrogen) atoms. The highest BCUT2D eigenvalue weighted by Crippen LogP contribution is 2.35. The molecule has 1 aromatic carbocycles. The van der Waals surface area contributed by atoms with E-state index in [1.807, 2.05) is 0 Å². The zero-order valence-electron chi connectivity index (χ0n) is 13.4. The van der Waals surface area contributed by atoms with Gasteiger partial charge < -0.3 is 5.32 Å². The highest BCUT2D eigenvalue weighted by molar-refractivity contribution is 7.91. The number of alkyl halides is 3. The van der Waals surface area contributed by atoms with Crippen molar-refractivity contribution in [1.29, 1.82) is 0 Å². The number of hydrogen-bond donors (Lipinski definition) is 1. The number of nitrogens with zero attached hydrogens (tertiary/aromatic N) is 1. The quantitative estimate of drug-likeness (QED) is 0.843. The second kappa shape index (κ2) is 7.01. The number of carbonyl (C=O) groups excluding carboxylic acids is 1. The number of para-hydroxylation sites is 1. The van der Waals surface area contributed by atoms with Crippen LogP contribution in [0.2, 0.25) is 0 Å². The third-order valence-corrected chi connectivity index (χ3v) is 7.40. The highest BCUT2D eigenvalue weighted by Gasteiger charge is 2.34. The molecule has 1 aromatic heterocycles. The molecule has 0 bridgehead atoms. The van der Waals surface area contributed by atoms with Gasteiger partial charge in [-0.05, 0) is 37.1 Å². The Morgan fingerprint density at radius 1 is 1.08 bits per heavy atom. The standard InChI is InChI=1S/C16H15F3N2O3S2/c17-16(18,19)11-5-1-2-6-12(11)20-15(22)13-7-8-14(25-13)26(23,24)21-9-3-4-10-21/h1-2,5-8H,3-4,9-10H2,(H,20,22). The Kier molecular flexibility index (Phi) is 5.09. The van der Waals surface area contributed by atoms with Crippen molar-refractivity contribution in [3.63, 3.8) is 0 Å². The molecule has 0 saturated carbocycles. The zero-order chi connectivity index (χ0) is 18.9. The maximum absolute atomic E-state index is 13.0. The Labute approximate surface area is 152 Å². The van der Waals surface area contributed by atoms with Gasteiger partial charge in [-0.3, -0.25) is 4.79 Å². The third-order valence-electron chi connectivity index (χ3n) is 3.94. The maximum atomic E-state index is 13.0. The van der Waals surface area contributed by atoms with E-state index in [9.17, 15) is 26.4 Å². The van der Waals surface area contributed by atoms with Gasteiger partial charge in [-0.2, -0.15) is 17.5 Å². The summed E-state index contributed by atoms with van der Waals surface area (Å²) in [5, 5.41) is 2.21. The minimum atomic E-state index is -4.61. The highest BCUT2D eigenvalue weighted by atomic mass is 32.2. The Morgan fingerprint density at radius 2 is 1.73 bits per heavy atom. The Balaban J connectivity index is 1.82. The molecule has 5 nitrogen and oxygen atoms in total. The summed E-state index contributed by atoms with van der Waals surface area (Å²) in [4.78, 5) is 12.3. The fraction of sp³-hybridized carbons (Fsp3) is 0.312. The molecule has 140 valence electrons. The van der Waals surface area contributed by atoms with E-state index in [2.05, 4.69) is 5.32 Å². The first-order valence-electron chi connectivity index (χ1n) is 7.77. The van der Waals surface area contributed by atoms with Crippen LogP contribution < -0.4 is 5.32 Å². The minimum absolute atomic E-state index is 0.00802. The van der Waals surface area contributed by atoms with E-state index in [4.69, 9.17) is 0 Å². The Hall–Kier alpha value is -1.91. The second-order valence-electron chi connectivity index (χ2n) is 5.73. The molecule has 0 radical (unpaired) electrons. The largest absolute Gasteiger partial charge is 0.418 e. The summed E-state index contributed by atoms with van der Waals surface area (Å²) in [5.74, 6) is -0.783. The molecule has 1 aliphatic heterocycles. The second-order valence-corrected chi connectivity index (χ2v) is 8.98. The minimum Gasteiger partial charge on any atom is -0.321 e. The SMILES string of the molecule is O=C(Nc1ccccc1C(F)(F)F)c1ccc(S(=O)(=O)N2CCCC2)s1. The van der Waals surface area contributed by atoms with Gasteiger partial charge in [0.25, 0.3) is 15.9 Å². The van der Waals surface area contributed by atoms with Crippen LogP contribution in [0.4, 0.5) is 18.9 Å². The van der Waals surface area contributed by atoms with E-state index in [-0.39, 0.29) is 14.8 Å². The van der Waals surface area contributed by atoms with Crippen LogP contribution in [-0.2, 0) is 16.2 Å². The van der Waals surface area contributed by atoms with Gasteiger partial charge in [-0.1, -0.05) is 12.1 Å². The Morgan fingerprint density at radius 3 is 2.38 bits per heavy atom. The first-order chi connectivity index (χ1) is 12.2. The molecule has 0 unspecified atom stereocenters. The van der Waals surface area contributed by atoms with Crippen molar-refractivity contribution < 1.29 is 26.4 Å². The normalized spacial score (nSPS) is 16.0. The zero-order valence-corrected chi connectivity index (χ0v) is 15.0. The predicted molar refractivity (Wildman–Crippen MR) is 91.7 cm³/mol. The number of halogens is 3. The lowest BCUT2D eigenvalue weighted by atomic mass is 10.1. The first-order valence-corrected chi connectivity index (χ1v) is 10.0. The molecule has 1 N–H and O–H groups in total. The Bertz CT molecular complexity index is 917. The van der Waals surface area contributed by atoms with Crippen molar-refractivity contribution in [2.75, 3.05) is 18.4 Å². The lowest BCUT2D eigenvalue weighted by Gasteiger charge is -2.13. The number of carbonyl (C=O) groups is 1. The van der Waals surface area contributed by atoms with Crippen LogP contribution in [-0.4, -0.2) is 31.7 Å². The smallest absolute Gasteiger partial charge is 0.321 e. The van der Waals surface area contributed by atoms with Gasteiger partial charge >= 0.3 is 6.18 Å². The van der Waals surface area contributed by atoms with E-state index < -0.39 is 27.7 Å². The molecule has 10 heteroatoms. The fourth-order valence-corrected chi connectivity index (χ4v) is 5.53. The summed E-state index contributed by atoms with van der Waals surface area (Å²) in [5.41, 5.74) is -1.34. The number of benzene rings is 1. The van der Waals surface area contributed by atoms with Crippen LogP contribution in [0.1, 0.15) is 28.1 Å². The van der Waals surface area contributed by atoms with Gasteiger partial charge in [0.2, 0.25) is 0 Å². The monoisotopic (exact) mass is 404 g/mol. The van der Waals surface area contributed by atoms with Crippen LogP contribution in [0.5, 0.6) is 0 Å². The van der Waals surface area contributed by atoms with Gasteiger partial charge in [0.1, 0.15) is 4.21 Å². The lowest BCUT2D eigenvalue weighted by molar-refractivity contribution is -0.136. The lowest BCUT2D eigenvalue weighted by Crippen LogP contribution is -2.27. The fourth-order valence-electron chi connectivity index (χ4n) is 2.66. The average molecular weight is 404 g/mol. The molecule has 0 atom stereocenters. The number of thiophene rings is 1. The van der Waals surface area contributed by atoms with Crippen LogP contribution in [0.3, 0.4) is 0 Å². The molecule has 1 saturated heterocycles. The topological polar surface area (TPSA) is 66.5 Å². The van der Waals surface area contributed by atoms with Gasteiger partial charge in [-0.15, -0.1) is 11.3 Å². The van der Waals surface area contributed by atoms with Crippen LogP contribution >= 0.6 is 11.3 Å². The van der Waals surface area contributed by atoms with Crippen molar-refractivity contribution in [1.82, 2.24) is 4.31 Å². The van der Waals surface area contributed by atoms with E-state index in [0.29, 0.717) is 13.1 Å². The molecule has 1 aliphatic rings. The van der Waals surface area contributed by atoms with Crippen molar-refractivity contribution in [2.45, 2.75) is 23.2 Å². The van der Waals surface area contributed by atoms with Crippen LogP contribution in [0.15, 0.2) is 40.6 Å². The van der Waals surface area contributed by atoms with E-state index in [1.165, 1.54) is 28.6 Å². The predicted octanol–water partition coefficient (Wildman–Crippen LogP) is 3.80. The average Bonchev–Trinajstić information content (AvgIpc) is 3.26. The van der Waals surface area contributed by atoms with Crippen molar-refractivity contribution >= 4 is 33.0 Å². The van der Waals surface area contributed by atoms with Gasteiger partial charge in [0.15, 0.2) is 0 Å². The molecule has 2 heterocycles. The van der Waals surface area contributed by atoms with E-state index in [0.717, 1.165) is 36.3 Å². The number of rotatable bonds is 4. The first kappa shape index (κ1) is 18.9. The summed E-state index contributed by atoms with van der Waals surface area (Å²) in [7, 11) is -3.66. The van der Waals surface area contributed by atoms with E-state index in [1.54, 1.807) is 0 Å². The molecular formula is C16H15F3N2O3S2. The number of amides is 1. The van der Waals surface area contributed by atoms with Crippen LogP contribution in [0.25, 0.3) is 0 Å². The summed E-state index contributed by atoms with van der Waals surface area (Å²) >= 11 is 0.744. The van der Waals surface area contributed by atoms with Crippen molar-refractivity contribution in [3.05, 3.63) is 46.8 Å². The molecule has 1 amide bonds. The van der Waals surface area contributed by atoms with Gasteiger partial charge in [-0.25, -0.2) is 8.42 Å². The third kappa shape index (κ3) is 3.76. The number of sulfonamides is 1. The molecule has 1 fully saturated rings.